The van der Waals surface area contributed by atoms with Gasteiger partial charge in [-0.15, -0.1) is 0 Å². The highest BCUT2D eigenvalue weighted by molar-refractivity contribution is 6.00. The van der Waals surface area contributed by atoms with Gasteiger partial charge < -0.3 is 18.9 Å². The number of carbonyl (C=O) groups excluding carboxylic acids is 1. The Kier molecular flexibility index (Phi) is 11.9. The van der Waals surface area contributed by atoms with Gasteiger partial charge in [0, 0.05) is 5.56 Å². The molecule has 5 heteroatoms. The van der Waals surface area contributed by atoms with Crippen molar-refractivity contribution in [2.24, 2.45) is 0 Å². The maximum absolute atomic E-state index is 12.6. The summed E-state index contributed by atoms with van der Waals surface area (Å²) >= 11 is 0. The lowest BCUT2D eigenvalue weighted by Crippen LogP contribution is -2.07. The molecule has 3 rings (SSSR count). The Balaban J connectivity index is 1.69. The molecule has 5 nitrogen and oxygen atoms in total. The Morgan fingerprint density at radius 2 is 1.41 bits per heavy atom. The molecule has 0 amide bonds. The monoisotopic (exact) mass is 504 g/mol. The van der Waals surface area contributed by atoms with Crippen molar-refractivity contribution in [1.82, 2.24) is 0 Å². The Morgan fingerprint density at radius 3 is 2.05 bits per heavy atom. The zero-order valence-corrected chi connectivity index (χ0v) is 22.5. The smallest absolute Gasteiger partial charge is 0.338 e. The Hall–Kier alpha value is -3.47. The standard InChI is InChI=1S/C32H40O5/c1-4-5-6-7-8-9-10-14-23-36-29-22-21-28(32(33)35-3)30(31(29)34-2)26-17-19-27(20-18-26)37-24-25-15-12-11-13-16-25/h11-13,15-22H,4-10,14,23-24H2,1-3H3. The van der Waals surface area contributed by atoms with Crippen LogP contribution < -0.4 is 14.2 Å². The molecule has 0 bridgehead atoms. The molecule has 0 aliphatic carbocycles. The highest BCUT2D eigenvalue weighted by Gasteiger charge is 2.22. The first kappa shape index (κ1) is 28.1. The fraction of sp³-hybridized carbons (Fsp3) is 0.406. The fourth-order valence-corrected chi connectivity index (χ4v) is 4.32. The summed E-state index contributed by atoms with van der Waals surface area (Å²) in [5, 5.41) is 0. The highest BCUT2D eigenvalue weighted by atomic mass is 16.5. The van der Waals surface area contributed by atoms with Gasteiger partial charge in [0.15, 0.2) is 11.5 Å². The number of rotatable bonds is 16. The molecule has 0 radical (unpaired) electrons. The number of benzene rings is 3. The van der Waals surface area contributed by atoms with Crippen molar-refractivity contribution in [3.63, 3.8) is 0 Å². The summed E-state index contributed by atoms with van der Waals surface area (Å²) < 4.78 is 22.9. The predicted octanol–water partition coefficient (Wildman–Crippen LogP) is 8.25. The van der Waals surface area contributed by atoms with Crippen molar-refractivity contribution in [2.75, 3.05) is 20.8 Å². The molecule has 0 saturated heterocycles. The van der Waals surface area contributed by atoms with Crippen molar-refractivity contribution in [2.45, 2.75) is 64.9 Å². The molecule has 3 aromatic carbocycles. The number of hydrogen-bond acceptors (Lipinski definition) is 5. The minimum absolute atomic E-state index is 0.424. The lowest BCUT2D eigenvalue weighted by atomic mass is 9.97. The first-order valence-electron chi connectivity index (χ1n) is 13.4. The van der Waals surface area contributed by atoms with Gasteiger partial charge in [0.25, 0.3) is 0 Å². The van der Waals surface area contributed by atoms with E-state index < -0.39 is 5.97 Å². The third-order valence-corrected chi connectivity index (χ3v) is 6.38. The Morgan fingerprint density at radius 1 is 0.730 bits per heavy atom. The molecule has 0 unspecified atom stereocenters. The number of methoxy groups -OCH3 is 2. The van der Waals surface area contributed by atoms with E-state index in [1.165, 1.54) is 45.6 Å². The summed E-state index contributed by atoms with van der Waals surface area (Å²) in [7, 11) is 2.98. The molecule has 3 aromatic rings. The average molecular weight is 505 g/mol. The van der Waals surface area contributed by atoms with Crippen LogP contribution >= 0.6 is 0 Å². The van der Waals surface area contributed by atoms with Gasteiger partial charge in [0.05, 0.1) is 26.4 Å². The van der Waals surface area contributed by atoms with E-state index in [2.05, 4.69) is 6.92 Å². The van der Waals surface area contributed by atoms with Crippen LogP contribution in [0.2, 0.25) is 0 Å². The van der Waals surface area contributed by atoms with E-state index in [9.17, 15) is 4.79 Å². The topological polar surface area (TPSA) is 54.0 Å². The van der Waals surface area contributed by atoms with Crippen LogP contribution in [0.3, 0.4) is 0 Å². The molecule has 0 fully saturated rings. The van der Waals surface area contributed by atoms with Crippen LogP contribution in [-0.2, 0) is 11.3 Å². The molecule has 0 spiro atoms. The van der Waals surface area contributed by atoms with Crippen molar-refractivity contribution in [3.8, 4) is 28.4 Å². The van der Waals surface area contributed by atoms with E-state index in [0.29, 0.717) is 35.8 Å². The van der Waals surface area contributed by atoms with Crippen LogP contribution in [0.25, 0.3) is 11.1 Å². The maximum Gasteiger partial charge on any atom is 0.338 e. The molecule has 0 aliphatic heterocycles. The van der Waals surface area contributed by atoms with Gasteiger partial charge in [-0.1, -0.05) is 94.3 Å². The number of ether oxygens (including phenoxy) is 4. The molecule has 0 saturated carbocycles. The van der Waals surface area contributed by atoms with Gasteiger partial charge in [0.2, 0.25) is 0 Å². The summed E-state index contributed by atoms with van der Waals surface area (Å²) in [4.78, 5) is 12.6. The highest BCUT2D eigenvalue weighted by Crippen LogP contribution is 2.41. The minimum atomic E-state index is -0.424. The SMILES string of the molecule is CCCCCCCCCCOc1ccc(C(=O)OC)c(-c2ccc(OCc3ccccc3)cc2)c1OC. The van der Waals surface area contributed by atoms with E-state index in [1.54, 1.807) is 19.2 Å². The van der Waals surface area contributed by atoms with Gasteiger partial charge in [0.1, 0.15) is 12.4 Å². The third-order valence-electron chi connectivity index (χ3n) is 6.38. The molecule has 0 atom stereocenters. The number of unbranched alkanes of at least 4 members (excludes halogenated alkanes) is 7. The molecule has 198 valence electrons. The molecule has 0 aromatic heterocycles. The van der Waals surface area contributed by atoms with Crippen molar-refractivity contribution < 1.29 is 23.7 Å². The van der Waals surface area contributed by atoms with Crippen molar-refractivity contribution in [3.05, 3.63) is 77.9 Å². The predicted molar refractivity (Wildman–Crippen MR) is 149 cm³/mol. The van der Waals surface area contributed by atoms with Crippen LogP contribution in [0.15, 0.2) is 66.7 Å². The van der Waals surface area contributed by atoms with E-state index in [0.717, 1.165) is 29.7 Å². The Bertz CT molecular complexity index is 1080. The summed E-state index contributed by atoms with van der Waals surface area (Å²) in [6, 6.07) is 21.2. The Labute approximate surface area is 221 Å². The van der Waals surface area contributed by atoms with E-state index in [1.807, 2.05) is 54.6 Å². The van der Waals surface area contributed by atoms with Crippen LogP contribution in [0.1, 0.15) is 74.2 Å². The van der Waals surface area contributed by atoms with E-state index in [-0.39, 0.29) is 0 Å². The minimum Gasteiger partial charge on any atom is -0.492 e. The fourth-order valence-electron chi connectivity index (χ4n) is 4.32. The molecule has 0 N–H and O–H groups in total. The van der Waals surface area contributed by atoms with Gasteiger partial charge in [-0.2, -0.15) is 0 Å². The van der Waals surface area contributed by atoms with Gasteiger partial charge in [-0.3, -0.25) is 0 Å². The van der Waals surface area contributed by atoms with Crippen LogP contribution in [-0.4, -0.2) is 26.8 Å². The van der Waals surface area contributed by atoms with Crippen LogP contribution in [0, 0.1) is 0 Å². The summed E-state index contributed by atoms with van der Waals surface area (Å²) in [6.45, 7) is 3.33. The second-order valence-electron chi connectivity index (χ2n) is 9.13. The second kappa shape index (κ2) is 15.6. The lowest BCUT2D eigenvalue weighted by molar-refractivity contribution is 0.0601. The van der Waals surface area contributed by atoms with Gasteiger partial charge in [-0.25, -0.2) is 4.79 Å². The number of esters is 1. The maximum atomic E-state index is 12.6. The molecular formula is C32H40O5. The van der Waals surface area contributed by atoms with Crippen LogP contribution in [0.4, 0.5) is 0 Å². The largest absolute Gasteiger partial charge is 0.492 e. The summed E-state index contributed by atoms with van der Waals surface area (Å²) in [5.41, 5.74) is 3.00. The molecule has 0 aliphatic rings. The first-order valence-corrected chi connectivity index (χ1v) is 13.4. The van der Waals surface area contributed by atoms with Gasteiger partial charge in [-0.05, 0) is 41.8 Å². The molecule has 0 heterocycles. The second-order valence-corrected chi connectivity index (χ2v) is 9.13. The number of carbonyl (C=O) groups is 1. The number of hydrogen-bond donors (Lipinski definition) is 0. The molecular weight excluding hydrogens is 464 g/mol. The third kappa shape index (κ3) is 8.56. The zero-order valence-electron chi connectivity index (χ0n) is 22.5. The van der Waals surface area contributed by atoms with E-state index >= 15 is 0 Å². The van der Waals surface area contributed by atoms with E-state index in [4.69, 9.17) is 18.9 Å². The van der Waals surface area contributed by atoms with Crippen molar-refractivity contribution in [1.29, 1.82) is 0 Å². The zero-order chi connectivity index (χ0) is 26.3. The summed E-state index contributed by atoms with van der Waals surface area (Å²) in [5.74, 6) is 1.47. The lowest BCUT2D eigenvalue weighted by Gasteiger charge is -2.18. The average Bonchev–Trinajstić information content (AvgIpc) is 2.95. The quantitative estimate of drug-likeness (QED) is 0.145. The first-order chi connectivity index (χ1) is 18.2. The molecule has 37 heavy (non-hydrogen) atoms. The van der Waals surface area contributed by atoms with Crippen molar-refractivity contribution >= 4 is 5.97 Å². The normalized spacial score (nSPS) is 10.7. The van der Waals surface area contributed by atoms with Crippen LogP contribution in [0.5, 0.6) is 17.2 Å². The van der Waals surface area contributed by atoms with Gasteiger partial charge >= 0.3 is 5.97 Å². The summed E-state index contributed by atoms with van der Waals surface area (Å²) in [6.07, 6.45) is 9.90.